The highest BCUT2D eigenvalue weighted by Gasteiger charge is 2.23. The predicted molar refractivity (Wildman–Crippen MR) is 49.4 cm³/mol. The van der Waals surface area contributed by atoms with Crippen LogP contribution in [0.25, 0.3) is 0 Å². The molecule has 4 heteroatoms. The molecule has 0 heterocycles. The highest BCUT2D eigenvalue weighted by atomic mass is 32.2. The third kappa shape index (κ3) is 4.51. The van der Waals surface area contributed by atoms with Gasteiger partial charge in [0.15, 0.2) is 0 Å². The summed E-state index contributed by atoms with van der Waals surface area (Å²) in [5.74, 6) is 0.00751. The van der Waals surface area contributed by atoms with Crippen LogP contribution in [0.4, 0.5) is 0 Å². The van der Waals surface area contributed by atoms with Gasteiger partial charge in [0.2, 0.25) is 0 Å². The third-order valence-corrected chi connectivity index (χ3v) is 2.75. The minimum absolute atomic E-state index is 0.00751. The molecule has 0 saturated carbocycles. The largest absolute Gasteiger partial charge is 0.267 e. The van der Waals surface area contributed by atoms with Gasteiger partial charge in [-0.05, 0) is 27.2 Å². The van der Waals surface area contributed by atoms with Crippen molar-refractivity contribution in [3.8, 4) is 0 Å². The monoisotopic (exact) mass is 192 g/mol. The molecule has 0 unspecified atom stereocenters. The summed E-state index contributed by atoms with van der Waals surface area (Å²) >= 11 is 0. The van der Waals surface area contributed by atoms with Crippen molar-refractivity contribution in [2.24, 2.45) is 0 Å². The van der Waals surface area contributed by atoms with E-state index < -0.39 is 15.7 Å². The molecule has 0 aliphatic carbocycles. The third-order valence-electron chi connectivity index (χ3n) is 1.34. The Labute approximate surface area is 74.6 Å². The van der Waals surface area contributed by atoms with Crippen LogP contribution in [0.15, 0.2) is 12.7 Å². The first-order chi connectivity index (χ1) is 5.33. The van der Waals surface area contributed by atoms with E-state index in [0.717, 1.165) is 0 Å². The van der Waals surface area contributed by atoms with Crippen LogP contribution in [0.2, 0.25) is 0 Å². The topological polar surface area (TPSA) is 43.4 Å². The van der Waals surface area contributed by atoms with Gasteiger partial charge in [0.25, 0.3) is 10.1 Å². The summed E-state index contributed by atoms with van der Waals surface area (Å²) in [5, 5.41) is 0. The summed E-state index contributed by atoms with van der Waals surface area (Å²) in [6, 6.07) is 0. The molecular formula is C8H16O3S. The maximum Gasteiger partial charge on any atom is 0.267 e. The second-order valence-electron chi connectivity index (χ2n) is 3.18. The molecule has 0 fully saturated rings. The van der Waals surface area contributed by atoms with Gasteiger partial charge in [-0.1, -0.05) is 6.08 Å². The van der Waals surface area contributed by atoms with Crippen LogP contribution in [-0.4, -0.2) is 19.8 Å². The quantitative estimate of drug-likeness (QED) is 0.492. The standard InChI is InChI=1S/C8H16O3S/c1-5-7-8(3,4)11-12(9,10)6-2/h5H,1,6-7H2,2-4H3. The SMILES string of the molecule is C=CCC(C)(C)OS(=O)(=O)CC. The van der Waals surface area contributed by atoms with Gasteiger partial charge in [0.1, 0.15) is 0 Å². The summed E-state index contributed by atoms with van der Waals surface area (Å²) in [5.41, 5.74) is -0.670. The maximum atomic E-state index is 11.0. The van der Waals surface area contributed by atoms with Gasteiger partial charge >= 0.3 is 0 Å². The fourth-order valence-electron chi connectivity index (χ4n) is 0.784. The van der Waals surface area contributed by atoms with Gasteiger partial charge in [-0.25, -0.2) is 0 Å². The predicted octanol–water partition coefficient (Wildman–Crippen LogP) is 1.71. The summed E-state index contributed by atoms with van der Waals surface area (Å²) in [6.07, 6.45) is 2.16. The van der Waals surface area contributed by atoms with Gasteiger partial charge in [0.05, 0.1) is 11.4 Å². The number of rotatable bonds is 5. The van der Waals surface area contributed by atoms with E-state index in [0.29, 0.717) is 6.42 Å². The number of hydrogen-bond acceptors (Lipinski definition) is 3. The molecule has 0 aliphatic rings. The zero-order chi connectivity index (χ0) is 9.83. The van der Waals surface area contributed by atoms with E-state index in [9.17, 15) is 8.42 Å². The Morgan fingerprint density at radius 1 is 1.50 bits per heavy atom. The lowest BCUT2D eigenvalue weighted by Crippen LogP contribution is -2.28. The molecule has 0 radical (unpaired) electrons. The zero-order valence-electron chi connectivity index (χ0n) is 7.83. The van der Waals surface area contributed by atoms with Gasteiger partial charge in [-0.2, -0.15) is 8.42 Å². The van der Waals surface area contributed by atoms with Crippen molar-refractivity contribution in [3.05, 3.63) is 12.7 Å². The Kier molecular flexibility index (Phi) is 3.93. The highest BCUT2D eigenvalue weighted by Crippen LogP contribution is 2.17. The fraction of sp³-hybridized carbons (Fsp3) is 0.750. The Morgan fingerprint density at radius 2 is 2.00 bits per heavy atom. The fourth-order valence-corrected chi connectivity index (χ4v) is 1.66. The second-order valence-corrected chi connectivity index (χ2v) is 5.04. The van der Waals surface area contributed by atoms with Gasteiger partial charge in [0, 0.05) is 0 Å². The second kappa shape index (κ2) is 4.05. The van der Waals surface area contributed by atoms with Crippen LogP contribution in [-0.2, 0) is 14.3 Å². The lowest BCUT2D eigenvalue weighted by atomic mass is 10.1. The zero-order valence-corrected chi connectivity index (χ0v) is 8.65. The first-order valence-corrected chi connectivity index (χ1v) is 5.45. The van der Waals surface area contributed by atoms with Crippen LogP contribution in [0.3, 0.4) is 0 Å². The molecule has 0 atom stereocenters. The highest BCUT2D eigenvalue weighted by molar-refractivity contribution is 7.86. The van der Waals surface area contributed by atoms with Crippen molar-refractivity contribution >= 4 is 10.1 Å². The lowest BCUT2D eigenvalue weighted by Gasteiger charge is -2.22. The van der Waals surface area contributed by atoms with Crippen molar-refractivity contribution in [3.63, 3.8) is 0 Å². The van der Waals surface area contributed by atoms with Crippen molar-refractivity contribution < 1.29 is 12.6 Å². The minimum atomic E-state index is -3.35. The minimum Gasteiger partial charge on any atom is -0.264 e. The average Bonchev–Trinajstić information content (AvgIpc) is 1.85. The molecule has 0 bridgehead atoms. The van der Waals surface area contributed by atoms with E-state index >= 15 is 0 Å². The van der Waals surface area contributed by atoms with E-state index in [-0.39, 0.29) is 5.75 Å². The van der Waals surface area contributed by atoms with Crippen molar-refractivity contribution in [1.82, 2.24) is 0 Å². The van der Waals surface area contributed by atoms with Gasteiger partial charge in [-0.15, -0.1) is 6.58 Å². The molecule has 72 valence electrons. The summed E-state index contributed by atoms with van der Waals surface area (Å²) < 4.78 is 27.0. The Morgan fingerprint density at radius 3 is 2.33 bits per heavy atom. The summed E-state index contributed by atoms with van der Waals surface area (Å²) in [7, 11) is -3.35. The maximum absolute atomic E-state index is 11.0. The molecule has 0 amide bonds. The van der Waals surface area contributed by atoms with E-state index in [1.54, 1.807) is 26.8 Å². The Balaban J connectivity index is 4.33. The molecule has 0 aromatic heterocycles. The van der Waals surface area contributed by atoms with E-state index in [4.69, 9.17) is 4.18 Å². The molecule has 3 nitrogen and oxygen atoms in total. The van der Waals surface area contributed by atoms with Crippen LogP contribution < -0.4 is 0 Å². The molecule has 0 aromatic rings. The van der Waals surface area contributed by atoms with Crippen LogP contribution in [0.5, 0.6) is 0 Å². The van der Waals surface area contributed by atoms with Crippen molar-refractivity contribution in [1.29, 1.82) is 0 Å². The first-order valence-electron chi connectivity index (χ1n) is 3.87. The van der Waals surface area contributed by atoms with E-state index in [1.165, 1.54) is 0 Å². The Hall–Kier alpha value is -0.350. The molecule has 0 spiro atoms. The van der Waals surface area contributed by atoms with Crippen molar-refractivity contribution in [2.45, 2.75) is 32.8 Å². The van der Waals surface area contributed by atoms with Crippen LogP contribution in [0, 0.1) is 0 Å². The van der Waals surface area contributed by atoms with E-state index in [2.05, 4.69) is 6.58 Å². The first kappa shape index (κ1) is 11.6. The molecule has 0 rings (SSSR count). The van der Waals surface area contributed by atoms with Crippen molar-refractivity contribution in [2.75, 3.05) is 5.75 Å². The molecule has 0 saturated heterocycles. The molecule has 0 aromatic carbocycles. The average molecular weight is 192 g/mol. The van der Waals surface area contributed by atoms with Crippen LogP contribution in [0.1, 0.15) is 27.2 Å². The molecule has 12 heavy (non-hydrogen) atoms. The summed E-state index contributed by atoms with van der Waals surface area (Å²) in [4.78, 5) is 0. The molecular weight excluding hydrogens is 176 g/mol. The number of hydrogen-bond donors (Lipinski definition) is 0. The molecule has 0 N–H and O–H groups in total. The smallest absolute Gasteiger partial charge is 0.264 e. The lowest BCUT2D eigenvalue weighted by molar-refractivity contribution is 0.122. The van der Waals surface area contributed by atoms with Gasteiger partial charge < -0.3 is 0 Å². The summed E-state index contributed by atoms with van der Waals surface area (Å²) in [6.45, 7) is 8.53. The van der Waals surface area contributed by atoms with Crippen LogP contribution >= 0.6 is 0 Å². The van der Waals surface area contributed by atoms with E-state index in [1.807, 2.05) is 0 Å². The normalized spacial score (nSPS) is 12.9. The molecule has 0 aliphatic heterocycles. The Bertz CT molecular complexity index is 239. The van der Waals surface area contributed by atoms with Gasteiger partial charge in [-0.3, -0.25) is 4.18 Å².